The lowest BCUT2D eigenvalue weighted by Gasteiger charge is -2.15. The lowest BCUT2D eigenvalue weighted by atomic mass is 10.2. The maximum Gasteiger partial charge on any atom is 0.277 e. The number of aryl methyl sites for hydroxylation is 1. The van der Waals surface area contributed by atoms with Crippen molar-refractivity contribution >= 4 is 21.9 Å². The second kappa shape index (κ2) is 5.93. The van der Waals surface area contributed by atoms with Crippen molar-refractivity contribution in [3.05, 3.63) is 40.4 Å². The monoisotopic (exact) mass is 299 g/mol. The van der Waals surface area contributed by atoms with Crippen LogP contribution in [0.5, 0.6) is 0 Å². The zero-order chi connectivity index (χ0) is 15.7. The van der Waals surface area contributed by atoms with Gasteiger partial charge in [0, 0.05) is 10.9 Å². The van der Waals surface area contributed by atoms with Gasteiger partial charge in [0.25, 0.3) is 5.56 Å². The van der Waals surface area contributed by atoms with Crippen LogP contribution in [0.4, 0.5) is 0 Å². The minimum atomic E-state index is 0.0189. The largest absolute Gasteiger partial charge is 0.349 e. The number of nitrogens with zero attached hydrogens (tertiary/aromatic N) is 2. The van der Waals surface area contributed by atoms with E-state index in [1.807, 2.05) is 19.1 Å². The third-order valence-corrected chi connectivity index (χ3v) is 4.43. The molecule has 2 aromatic heterocycles. The van der Waals surface area contributed by atoms with Crippen LogP contribution in [0.2, 0.25) is 0 Å². The highest BCUT2D eigenvalue weighted by molar-refractivity contribution is 6.04. The van der Waals surface area contributed by atoms with E-state index in [0.29, 0.717) is 12.1 Å². The fraction of sp³-hybridized carbons (Fsp3) is 0.412. The van der Waals surface area contributed by atoms with Gasteiger partial charge in [-0.2, -0.15) is 0 Å². The van der Waals surface area contributed by atoms with Crippen LogP contribution in [0.15, 0.2) is 29.3 Å². The van der Waals surface area contributed by atoms with Crippen molar-refractivity contribution in [3.8, 4) is 0 Å². The summed E-state index contributed by atoms with van der Waals surface area (Å²) in [5.74, 6) is 0. The molecule has 0 atom stereocenters. The van der Waals surface area contributed by atoms with E-state index in [0.717, 1.165) is 36.1 Å². The SMILES string of the molecule is CC[NH+](CC)CCn1cnc2c([nH]c3cc(C)ccc32)c1=O. The number of rotatable bonds is 5. The van der Waals surface area contributed by atoms with Gasteiger partial charge in [-0.25, -0.2) is 4.98 Å². The topological polar surface area (TPSA) is 55.1 Å². The van der Waals surface area contributed by atoms with Crippen LogP contribution in [0.1, 0.15) is 19.4 Å². The van der Waals surface area contributed by atoms with Gasteiger partial charge in [0.15, 0.2) is 0 Å². The molecule has 22 heavy (non-hydrogen) atoms. The minimum absolute atomic E-state index is 0.0189. The van der Waals surface area contributed by atoms with E-state index in [1.54, 1.807) is 10.9 Å². The molecule has 0 aliphatic carbocycles. The van der Waals surface area contributed by atoms with Gasteiger partial charge in [-0.05, 0) is 32.4 Å². The van der Waals surface area contributed by atoms with Gasteiger partial charge in [0.2, 0.25) is 0 Å². The van der Waals surface area contributed by atoms with Crippen LogP contribution >= 0.6 is 0 Å². The molecule has 0 radical (unpaired) electrons. The van der Waals surface area contributed by atoms with E-state index in [-0.39, 0.29) is 5.56 Å². The van der Waals surface area contributed by atoms with Gasteiger partial charge in [-0.3, -0.25) is 9.36 Å². The predicted octanol–water partition coefficient (Wildman–Crippen LogP) is 1.11. The average molecular weight is 299 g/mol. The van der Waals surface area contributed by atoms with Crippen molar-refractivity contribution in [2.75, 3.05) is 19.6 Å². The van der Waals surface area contributed by atoms with Crippen molar-refractivity contribution in [1.29, 1.82) is 0 Å². The Balaban J connectivity index is 2.02. The maximum atomic E-state index is 12.7. The van der Waals surface area contributed by atoms with Gasteiger partial charge in [0.1, 0.15) is 11.0 Å². The lowest BCUT2D eigenvalue weighted by molar-refractivity contribution is -0.897. The number of nitrogens with one attached hydrogen (secondary N) is 2. The summed E-state index contributed by atoms with van der Waals surface area (Å²) in [5, 5.41) is 1.01. The van der Waals surface area contributed by atoms with Gasteiger partial charge in [-0.1, -0.05) is 12.1 Å². The highest BCUT2D eigenvalue weighted by Gasteiger charge is 2.12. The van der Waals surface area contributed by atoms with Crippen LogP contribution < -0.4 is 10.5 Å². The first kappa shape index (κ1) is 14.8. The molecule has 0 aliphatic heterocycles. The zero-order valence-corrected chi connectivity index (χ0v) is 13.4. The van der Waals surface area contributed by atoms with E-state index in [2.05, 4.69) is 29.9 Å². The van der Waals surface area contributed by atoms with Crippen molar-refractivity contribution in [2.24, 2.45) is 0 Å². The number of aromatic nitrogens is 3. The highest BCUT2D eigenvalue weighted by atomic mass is 16.1. The summed E-state index contributed by atoms with van der Waals surface area (Å²) in [4.78, 5) is 21.9. The molecule has 0 saturated heterocycles. The normalized spacial score (nSPS) is 11.8. The van der Waals surface area contributed by atoms with Crippen molar-refractivity contribution in [1.82, 2.24) is 14.5 Å². The fourth-order valence-electron chi connectivity index (χ4n) is 2.95. The van der Waals surface area contributed by atoms with Crippen LogP contribution in [0.25, 0.3) is 21.9 Å². The van der Waals surface area contributed by atoms with Crippen molar-refractivity contribution in [3.63, 3.8) is 0 Å². The van der Waals surface area contributed by atoms with Crippen LogP contribution in [0.3, 0.4) is 0 Å². The number of likely N-dealkylation sites (N-methyl/N-ethyl adjacent to an activating group) is 1. The Morgan fingerprint density at radius 1 is 1.27 bits per heavy atom. The van der Waals surface area contributed by atoms with E-state index in [4.69, 9.17) is 0 Å². The standard InChI is InChI=1S/C17H22N4O/c1-4-20(5-2)8-9-21-11-18-15-13-7-6-12(3)10-14(13)19-16(15)17(21)22/h6-7,10-11,19H,4-5,8-9H2,1-3H3/p+1. The molecule has 3 aromatic rings. The summed E-state index contributed by atoms with van der Waals surface area (Å²) in [5.41, 5.74) is 3.55. The molecule has 5 heteroatoms. The molecule has 1 aromatic carbocycles. The summed E-state index contributed by atoms with van der Waals surface area (Å²) in [6.45, 7) is 10.2. The minimum Gasteiger partial charge on any atom is -0.349 e. The first-order valence-corrected chi connectivity index (χ1v) is 7.95. The van der Waals surface area contributed by atoms with Crippen molar-refractivity contribution < 1.29 is 4.90 Å². The third kappa shape index (κ3) is 2.52. The molecular weight excluding hydrogens is 276 g/mol. The Morgan fingerprint density at radius 2 is 2.05 bits per heavy atom. The molecular formula is C17H23N4O+. The lowest BCUT2D eigenvalue weighted by Crippen LogP contribution is -3.11. The molecule has 2 heterocycles. The smallest absolute Gasteiger partial charge is 0.277 e. The third-order valence-electron chi connectivity index (χ3n) is 4.43. The molecule has 0 spiro atoms. The number of hydrogen-bond donors (Lipinski definition) is 2. The number of fused-ring (bicyclic) bond motifs is 3. The van der Waals surface area contributed by atoms with E-state index in [1.165, 1.54) is 10.5 Å². The molecule has 0 amide bonds. The number of H-pyrrole nitrogens is 1. The summed E-state index contributed by atoms with van der Waals surface area (Å²) in [6.07, 6.45) is 1.68. The molecule has 116 valence electrons. The molecule has 0 bridgehead atoms. The molecule has 5 nitrogen and oxygen atoms in total. The second-order valence-electron chi connectivity index (χ2n) is 5.85. The summed E-state index contributed by atoms with van der Waals surface area (Å²) in [6, 6.07) is 6.13. The first-order valence-electron chi connectivity index (χ1n) is 7.95. The summed E-state index contributed by atoms with van der Waals surface area (Å²) in [7, 11) is 0. The van der Waals surface area contributed by atoms with E-state index >= 15 is 0 Å². The molecule has 0 aliphatic rings. The number of hydrogen-bond acceptors (Lipinski definition) is 2. The average Bonchev–Trinajstić information content (AvgIpc) is 2.88. The Morgan fingerprint density at radius 3 is 2.77 bits per heavy atom. The van der Waals surface area contributed by atoms with Gasteiger partial charge in [-0.15, -0.1) is 0 Å². The van der Waals surface area contributed by atoms with Gasteiger partial charge < -0.3 is 9.88 Å². The maximum absolute atomic E-state index is 12.7. The quantitative estimate of drug-likeness (QED) is 0.741. The second-order valence-corrected chi connectivity index (χ2v) is 5.85. The summed E-state index contributed by atoms with van der Waals surface area (Å²) >= 11 is 0. The Kier molecular flexibility index (Phi) is 3.98. The fourth-order valence-corrected chi connectivity index (χ4v) is 2.95. The Bertz CT molecular complexity index is 858. The summed E-state index contributed by atoms with van der Waals surface area (Å²) < 4.78 is 1.72. The van der Waals surface area contributed by atoms with E-state index in [9.17, 15) is 4.79 Å². The van der Waals surface area contributed by atoms with Gasteiger partial charge in [0.05, 0.1) is 32.5 Å². The molecule has 0 fully saturated rings. The molecule has 2 N–H and O–H groups in total. The van der Waals surface area contributed by atoms with Gasteiger partial charge >= 0.3 is 0 Å². The molecule has 0 unspecified atom stereocenters. The highest BCUT2D eigenvalue weighted by Crippen LogP contribution is 2.21. The number of quaternary nitrogens is 1. The Labute approximate surface area is 129 Å². The van der Waals surface area contributed by atoms with Crippen LogP contribution in [0, 0.1) is 6.92 Å². The van der Waals surface area contributed by atoms with Crippen LogP contribution in [-0.4, -0.2) is 34.2 Å². The number of aromatic amines is 1. The predicted molar refractivity (Wildman–Crippen MR) is 89.5 cm³/mol. The first-order chi connectivity index (χ1) is 10.6. The van der Waals surface area contributed by atoms with E-state index < -0.39 is 0 Å². The number of benzene rings is 1. The zero-order valence-electron chi connectivity index (χ0n) is 13.4. The van der Waals surface area contributed by atoms with Crippen LogP contribution in [-0.2, 0) is 6.54 Å². The molecule has 3 rings (SSSR count). The Hall–Kier alpha value is -2.14. The molecule has 0 saturated carbocycles. The van der Waals surface area contributed by atoms with Crippen molar-refractivity contribution in [2.45, 2.75) is 27.3 Å².